The van der Waals surface area contributed by atoms with Gasteiger partial charge in [-0.3, -0.25) is 0 Å². The highest BCUT2D eigenvalue weighted by Crippen LogP contribution is 2.32. The number of para-hydroxylation sites is 1. The van der Waals surface area contributed by atoms with Crippen molar-refractivity contribution in [2.75, 3.05) is 6.54 Å². The van der Waals surface area contributed by atoms with Crippen LogP contribution in [-0.4, -0.2) is 11.5 Å². The van der Waals surface area contributed by atoms with Crippen LogP contribution < -0.4 is 5.73 Å². The van der Waals surface area contributed by atoms with Crippen LogP contribution in [0.4, 0.5) is 0 Å². The monoisotopic (exact) mass is 202 g/mol. The highest BCUT2D eigenvalue weighted by Gasteiger charge is 2.22. The van der Waals surface area contributed by atoms with Gasteiger partial charge in [0.15, 0.2) is 0 Å². The molecule has 15 heavy (non-hydrogen) atoms. The molecule has 0 aliphatic heterocycles. The zero-order valence-electron chi connectivity index (χ0n) is 9.38. The number of fused-ring (bicyclic) bond motifs is 1. The van der Waals surface area contributed by atoms with E-state index in [-0.39, 0.29) is 5.41 Å². The van der Waals surface area contributed by atoms with Crippen molar-refractivity contribution in [3.8, 4) is 0 Å². The molecule has 1 aromatic heterocycles. The maximum absolute atomic E-state index is 5.65. The zero-order valence-corrected chi connectivity index (χ0v) is 9.38. The zero-order chi connectivity index (χ0) is 10.9. The van der Waals surface area contributed by atoms with Gasteiger partial charge < -0.3 is 10.7 Å². The predicted molar refractivity (Wildman–Crippen MR) is 65.0 cm³/mol. The maximum Gasteiger partial charge on any atom is 0.0457 e. The lowest BCUT2D eigenvalue weighted by Crippen LogP contribution is -2.21. The second-order valence-electron chi connectivity index (χ2n) is 4.67. The van der Waals surface area contributed by atoms with Gasteiger partial charge in [-0.1, -0.05) is 32.0 Å². The van der Waals surface area contributed by atoms with Crippen molar-refractivity contribution in [2.24, 2.45) is 5.73 Å². The van der Waals surface area contributed by atoms with E-state index in [4.69, 9.17) is 5.73 Å². The largest absolute Gasteiger partial charge is 0.361 e. The van der Waals surface area contributed by atoms with E-state index < -0.39 is 0 Å². The normalized spacial score (nSPS) is 12.2. The quantitative estimate of drug-likeness (QED) is 0.789. The third kappa shape index (κ3) is 1.77. The summed E-state index contributed by atoms with van der Waals surface area (Å²) in [5, 5.41) is 1.32. The minimum absolute atomic E-state index is 0.147. The van der Waals surface area contributed by atoms with Crippen molar-refractivity contribution in [3.63, 3.8) is 0 Å². The van der Waals surface area contributed by atoms with Gasteiger partial charge in [0.2, 0.25) is 0 Å². The molecule has 0 saturated heterocycles. The molecule has 2 rings (SSSR count). The summed E-state index contributed by atoms with van der Waals surface area (Å²) in [7, 11) is 0. The number of nitrogens with one attached hydrogen (secondary N) is 1. The van der Waals surface area contributed by atoms with E-state index in [0.29, 0.717) is 0 Å². The van der Waals surface area contributed by atoms with Crippen LogP contribution in [0.25, 0.3) is 10.9 Å². The Labute approximate surface area is 90.5 Å². The summed E-state index contributed by atoms with van der Waals surface area (Å²) in [6, 6.07) is 8.41. The Kier molecular flexibility index (Phi) is 2.53. The number of H-pyrrole nitrogens is 1. The summed E-state index contributed by atoms with van der Waals surface area (Å²) in [6.45, 7) is 5.22. The first-order valence-electron chi connectivity index (χ1n) is 5.42. The Morgan fingerprint density at radius 1 is 1.27 bits per heavy atom. The van der Waals surface area contributed by atoms with Crippen LogP contribution in [0.3, 0.4) is 0 Å². The van der Waals surface area contributed by atoms with E-state index in [9.17, 15) is 0 Å². The third-order valence-electron chi connectivity index (χ3n) is 3.09. The van der Waals surface area contributed by atoms with E-state index in [1.807, 2.05) is 0 Å². The predicted octanol–water partition coefficient (Wildman–Crippen LogP) is 2.79. The molecular formula is C13H18N2. The van der Waals surface area contributed by atoms with Gasteiger partial charge in [0.05, 0.1) is 0 Å². The molecule has 3 N–H and O–H groups in total. The molecule has 0 atom stereocenters. The molecule has 2 heteroatoms. The smallest absolute Gasteiger partial charge is 0.0457 e. The Morgan fingerprint density at radius 3 is 2.73 bits per heavy atom. The van der Waals surface area contributed by atoms with Gasteiger partial charge in [-0.05, 0) is 30.0 Å². The molecule has 0 spiro atoms. The molecule has 0 saturated carbocycles. The molecule has 0 amide bonds. The molecule has 0 fully saturated rings. The van der Waals surface area contributed by atoms with Gasteiger partial charge in [0.1, 0.15) is 0 Å². The Bertz CT molecular complexity index is 454. The average Bonchev–Trinajstić information content (AvgIpc) is 2.61. The standard InChI is InChI=1S/C13H18N2/c1-13(2,7-8-14)11-9-15-12-6-4-3-5-10(11)12/h3-6,9,15H,7-8,14H2,1-2H3. The third-order valence-corrected chi connectivity index (χ3v) is 3.09. The highest BCUT2D eigenvalue weighted by atomic mass is 14.7. The van der Waals surface area contributed by atoms with Crippen LogP contribution in [0.15, 0.2) is 30.5 Å². The lowest BCUT2D eigenvalue weighted by atomic mass is 9.81. The number of aromatic nitrogens is 1. The van der Waals surface area contributed by atoms with Crippen LogP contribution in [0, 0.1) is 0 Å². The van der Waals surface area contributed by atoms with E-state index in [2.05, 4.69) is 49.3 Å². The van der Waals surface area contributed by atoms with Crippen molar-refractivity contribution in [1.82, 2.24) is 4.98 Å². The molecule has 1 aromatic carbocycles. The number of benzene rings is 1. The molecule has 80 valence electrons. The van der Waals surface area contributed by atoms with Crippen LogP contribution >= 0.6 is 0 Å². The van der Waals surface area contributed by atoms with Gasteiger partial charge in [-0.15, -0.1) is 0 Å². The van der Waals surface area contributed by atoms with Crippen LogP contribution in [0.2, 0.25) is 0 Å². The van der Waals surface area contributed by atoms with Gasteiger partial charge in [-0.2, -0.15) is 0 Å². The molecule has 0 aliphatic carbocycles. The SMILES string of the molecule is CC(C)(CCN)c1c[nH]c2ccccc12. The number of hydrogen-bond acceptors (Lipinski definition) is 1. The molecule has 0 aliphatic rings. The number of nitrogens with two attached hydrogens (primary N) is 1. The summed E-state index contributed by atoms with van der Waals surface area (Å²) in [5.41, 5.74) is 8.37. The Morgan fingerprint density at radius 2 is 2.00 bits per heavy atom. The fourth-order valence-electron chi connectivity index (χ4n) is 2.13. The van der Waals surface area contributed by atoms with Crippen LogP contribution in [0.1, 0.15) is 25.8 Å². The van der Waals surface area contributed by atoms with Crippen molar-refractivity contribution in [2.45, 2.75) is 25.7 Å². The van der Waals surface area contributed by atoms with Crippen LogP contribution in [-0.2, 0) is 5.41 Å². The lowest BCUT2D eigenvalue weighted by molar-refractivity contribution is 0.491. The second-order valence-corrected chi connectivity index (χ2v) is 4.67. The molecular weight excluding hydrogens is 184 g/mol. The average molecular weight is 202 g/mol. The number of aromatic amines is 1. The topological polar surface area (TPSA) is 41.8 Å². The van der Waals surface area contributed by atoms with Gasteiger partial charge >= 0.3 is 0 Å². The fraction of sp³-hybridized carbons (Fsp3) is 0.385. The summed E-state index contributed by atoms with van der Waals surface area (Å²) in [4.78, 5) is 3.31. The van der Waals surface area contributed by atoms with Gasteiger partial charge in [0.25, 0.3) is 0 Å². The molecule has 2 aromatic rings. The van der Waals surface area contributed by atoms with Crippen molar-refractivity contribution in [3.05, 3.63) is 36.0 Å². The summed E-state index contributed by atoms with van der Waals surface area (Å²) < 4.78 is 0. The van der Waals surface area contributed by atoms with E-state index in [1.165, 1.54) is 16.5 Å². The van der Waals surface area contributed by atoms with E-state index in [1.54, 1.807) is 0 Å². The molecule has 0 bridgehead atoms. The van der Waals surface area contributed by atoms with Crippen molar-refractivity contribution < 1.29 is 0 Å². The first kappa shape index (κ1) is 10.2. The first-order chi connectivity index (χ1) is 7.15. The lowest BCUT2D eigenvalue weighted by Gasteiger charge is -2.23. The molecule has 2 nitrogen and oxygen atoms in total. The summed E-state index contributed by atoms with van der Waals surface area (Å²) in [5.74, 6) is 0. The molecule has 0 radical (unpaired) electrons. The van der Waals surface area contributed by atoms with Crippen molar-refractivity contribution in [1.29, 1.82) is 0 Å². The first-order valence-corrected chi connectivity index (χ1v) is 5.42. The number of hydrogen-bond donors (Lipinski definition) is 2. The van der Waals surface area contributed by atoms with Crippen molar-refractivity contribution >= 4 is 10.9 Å². The van der Waals surface area contributed by atoms with E-state index >= 15 is 0 Å². The van der Waals surface area contributed by atoms with E-state index in [0.717, 1.165) is 13.0 Å². The minimum Gasteiger partial charge on any atom is -0.361 e. The highest BCUT2D eigenvalue weighted by molar-refractivity contribution is 5.84. The summed E-state index contributed by atoms with van der Waals surface area (Å²) >= 11 is 0. The molecule has 0 unspecified atom stereocenters. The summed E-state index contributed by atoms with van der Waals surface area (Å²) in [6.07, 6.45) is 3.12. The number of rotatable bonds is 3. The Hall–Kier alpha value is -1.28. The molecule has 1 heterocycles. The maximum atomic E-state index is 5.65. The van der Waals surface area contributed by atoms with Crippen LogP contribution in [0.5, 0.6) is 0 Å². The van der Waals surface area contributed by atoms with Gasteiger partial charge in [-0.25, -0.2) is 0 Å². The Balaban J connectivity index is 2.52. The second kappa shape index (κ2) is 3.70. The van der Waals surface area contributed by atoms with Gasteiger partial charge in [0, 0.05) is 17.1 Å². The fourth-order valence-corrected chi connectivity index (χ4v) is 2.13. The minimum atomic E-state index is 0.147.